The Morgan fingerprint density at radius 1 is 0.574 bits per heavy atom. The van der Waals surface area contributed by atoms with Crippen LogP contribution in [-0.2, 0) is 40.2 Å². The first kappa shape index (κ1) is 35.9. The van der Waals surface area contributed by atoms with Crippen molar-refractivity contribution in [1.82, 2.24) is 14.5 Å². The molecule has 47 heavy (non-hydrogen) atoms. The zero-order valence-corrected chi connectivity index (χ0v) is 31.7. The summed E-state index contributed by atoms with van der Waals surface area (Å²) in [5, 5.41) is 2.39. The number of hydrogen-bond acceptors (Lipinski definition) is 2. The number of imidazole rings is 1. The molecule has 2 heterocycles. The molecule has 0 aliphatic heterocycles. The van der Waals surface area contributed by atoms with Crippen molar-refractivity contribution >= 4 is 10.8 Å². The zero-order chi connectivity index (χ0) is 31.2. The van der Waals surface area contributed by atoms with E-state index in [0.29, 0.717) is 11.8 Å². The van der Waals surface area contributed by atoms with E-state index in [-0.39, 0.29) is 40.2 Å². The molecule has 0 aliphatic rings. The minimum Gasteiger partial charge on any atom is -0.340 e. The van der Waals surface area contributed by atoms with E-state index in [2.05, 4.69) is 121 Å². The van der Waals surface area contributed by atoms with Crippen molar-refractivity contribution in [3.8, 4) is 39.5 Å². The Morgan fingerprint density at radius 2 is 1.17 bits per heavy atom. The standard InChI is InChI=1S/C27H27N2.C15H10N.2Ir/c1-19(2)24-17-23(21-11-7-5-8-12-21)18-25(20(3)4)26(24)29-16-15-28-27(29)22-13-9-6-10-14-22;1-2-7-13(8-3-1)15-14-9-5-4-6-12(14)10-11-16-15;;/h5-13,15-20H,1-4H3;1-7,9-11H;;/q2*-1;;. The Labute approximate surface area is 305 Å². The molecule has 0 bridgehead atoms. The quantitative estimate of drug-likeness (QED) is 0.156. The Balaban J connectivity index is 0.000000236. The minimum atomic E-state index is 0. The van der Waals surface area contributed by atoms with Gasteiger partial charge in [0.05, 0.1) is 5.82 Å². The van der Waals surface area contributed by atoms with E-state index in [1.165, 1.54) is 38.7 Å². The van der Waals surface area contributed by atoms with Crippen LogP contribution in [0.1, 0.15) is 50.7 Å². The van der Waals surface area contributed by atoms with Gasteiger partial charge in [-0.2, -0.15) is 0 Å². The summed E-state index contributed by atoms with van der Waals surface area (Å²) in [5.74, 6) is 1.71. The maximum atomic E-state index is 4.68. The summed E-state index contributed by atoms with van der Waals surface area (Å²) in [6, 6.07) is 48.2. The van der Waals surface area contributed by atoms with Crippen LogP contribution >= 0.6 is 0 Å². The number of benzene rings is 5. The van der Waals surface area contributed by atoms with Gasteiger partial charge < -0.3 is 9.55 Å². The van der Waals surface area contributed by atoms with Crippen LogP contribution in [0, 0.1) is 12.1 Å². The molecule has 7 aromatic rings. The summed E-state index contributed by atoms with van der Waals surface area (Å²) < 4.78 is 2.24. The van der Waals surface area contributed by atoms with Gasteiger partial charge in [0.25, 0.3) is 0 Å². The molecule has 2 aromatic heterocycles. The largest absolute Gasteiger partial charge is 0.340 e. The van der Waals surface area contributed by atoms with Gasteiger partial charge in [-0.1, -0.05) is 82.3 Å². The Kier molecular flexibility index (Phi) is 12.8. The van der Waals surface area contributed by atoms with E-state index in [1.54, 1.807) is 0 Å². The van der Waals surface area contributed by atoms with Crippen LogP contribution < -0.4 is 0 Å². The van der Waals surface area contributed by atoms with E-state index in [4.69, 9.17) is 0 Å². The monoisotopic (exact) mass is 969 g/mol. The molecule has 0 atom stereocenters. The van der Waals surface area contributed by atoms with Gasteiger partial charge in [0.15, 0.2) is 0 Å². The number of rotatable bonds is 6. The molecule has 0 aliphatic carbocycles. The Morgan fingerprint density at radius 3 is 1.79 bits per heavy atom. The average molecular weight is 968 g/mol. The van der Waals surface area contributed by atoms with E-state index in [0.717, 1.165) is 22.6 Å². The molecule has 240 valence electrons. The molecule has 0 saturated heterocycles. The second-order valence-corrected chi connectivity index (χ2v) is 11.7. The van der Waals surface area contributed by atoms with Gasteiger partial charge in [0.1, 0.15) is 0 Å². The average Bonchev–Trinajstić information content (AvgIpc) is 3.59. The molecule has 0 N–H and O–H groups in total. The first-order valence-electron chi connectivity index (χ1n) is 15.6. The topological polar surface area (TPSA) is 30.7 Å². The summed E-state index contributed by atoms with van der Waals surface area (Å²) >= 11 is 0. The molecule has 0 unspecified atom stereocenters. The molecule has 0 amide bonds. The van der Waals surface area contributed by atoms with E-state index in [1.807, 2.05) is 73.1 Å². The fourth-order valence-electron chi connectivity index (χ4n) is 5.73. The number of aromatic nitrogens is 3. The van der Waals surface area contributed by atoms with Crippen molar-refractivity contribution in [2.45, 2.75) is 39.5 Å². The van der Waals surface area contributed by atoms with Crippen LogP contribution in [0.4, 0.5) is 0 Å². The fraction of sp³-hybridized carbons (Fsp3) is 0.143. The molecule has 0 fully saturated rings. The molecule has 0 saturated carbocycles. The minimum absolute atomic E-state index is 0. The van der Waals surface area contributed by atoms with Crippen molar-refractivity contribution in [3.05, 3.63) is 163 Å². The van der Waals surface area contributed by atoms with Crippen LogP contribution in [0.25, 0.3) is 50.2 Å². The molecule has 3 nitrogen and oxygen atoms in total. The Bertz CT molecular complexity index is 1970. The van der Waals surface area contributed by atoms with Crippen molar-refractivity contribution in [3.63, 3.8) is 0 Å². The van der Waals surface area contributed by atoms with Crippen LogP contribution in [0.5, 0.6) is 0 Å². The first-order chi connectivity index (χ1) is 22.0. The van der Waals surface area contributed by atoms with Gasteiger partial charge >= 0.3 is 0 Å². The molecule has 2 radical (unpaired) electrons. The summed E-state index contributed by atoms with van der Waals surface area (Å²) in [4.78, 5) is 9.12. The maximum Gasteiger partial charge on any atom is 0.0602 e. The van der Waals surface area contributed by atoms with Gasteiger partial charge in [-0.05, 0) is 68.8 Å². The number of nitrogens with zero attached hydrogens (tertiary/aromatic N) is 3. The molecule has 5 heteroatoms. The number of hydrogen-bond donors (Lipinski definition) is 0. The Hall–Kier alpha value is -3.98. The van der Waals surface area contributed by atoms with Gasteiger partial charge in [-0.3, -0.25) is 4.98 Å². The predicted octanol–water partition coefficient (Wildman–Crippen LogP) is 11.0. The zero-order valence-electron chi connectivity index (χ0n) is 26.9. The van der Waals surface area contributed by atoms with Gasteiger partial charge in [-0.25, -0.2) is 0 Å². The third-order valence-electron chi connectivity index (χ3n) is 7.99. The second kappa shape index (κ2) is 16.7. The van der Waals surface area contributed by atoms with E-state index in [9.17, 15) is 0 Å². The van der Waals surface area contributed by atoms with Crippen molar-refractivity contribution in [2.24, 2.45) is 0 Å². The third kappa shape index (κ3) is 8.12. The summed E-state index contributed by atoms with van der Waals surface area (Å²) in [6.45, 7) is 9.07. The van der Waals surface area contributed by atoms with Gasteiger partial charge in [0, 0.05) is 64.5 Å². The summed E-state index contributed by atoms with van der Waals surface area (Å²) in [5.41, 5.74) is 9.50. The van der Waals surface area contributed by atoms with Crippen LogP contribution in [0.2, 0.25) is 0 Å². The van der Waals surface area contributed by atoms with Gasteiger partial charge in [-0.15, -0.1) is 71.8 Å². The third-order valence-corrected chi connectivity index (χ3v) is 7.99. The summed E-state index contributed by atoms with van der Waals surface area (Å²) in [7, 11) is 0. The van der Waals surface area contributed by atoms with E-state index >= 15 is 0 Å². The van der Waals surface area contributed by atoms with E-state index < -0.39 is 0 Å². The first-order valence-corrected chi connectivity index (χ1v) is 15.6. The fourth-order valence-corrected chi connectivity index (χ4v) is 5.73. The number of fused-ring (bicyclic) bond motifs is 1. The molecule has 5 aromatic carbocycles. The van der Waals surface area contributed by atoms with Crippen molar-refractivity contribution < 1.29 is 40.2 Å². The van der Waals surface area contributed by atoms with Crippen molar-refractivity contribution in [2.75, 3.05) is 0 Å². The predicted molar refractivity (Wildman–Crippen MR) is 187 cm³/mol. The summed E-state index contributed by atoms with van der Waals surface area (Å²) in [6.07, 6.45) is 5.81. The van der Waals surface area contributed by atoms with Crippen LogP contribution in [-0.4, -0.2) is 14.5 Å². The molecular formula is C42H37Ir2N3-2. The van der Waals surface area contributed by atoms with Gasteiger partial charge in [0.2, 0.25) is 0 Å². The van der Waals surface area contributed by atoms with Crippen LogP contribution in [0.15, 0.2) is 140 Å². The van der Waals surface area contributed by atoms with Crippen molar-refractivity contribution in [1.29, 1.82) is 0 Å². The number of pyridine rings is 1. The molecule has 7 rings (SSSR count). The molecule has 0 spiro atoms. The SMILES string of the molecule is CC(C)c1cc(-c2ccccc2)cc(C(C)C)c1-n1ccnc1-c1[c-]cccc1.[Ir].[Ir].[c-]1ccccc1-c1nccc2ccccc12. The second-order valence-electron chi connectivity index (χ2n) is 11.7. The smallest absolute Gasteiger partial charge is 0.0602 e. The maximum absolute atomic E-state index is 4.68. The normalized spacial score (nSPS) is 10.6. The molecular weight excluding hydrogens is 931 g/mol. The van der Waals surface area contributed by atoms with Crippen LogP contribution in [0.3, 0.4) is 0 Å².